The van der Waals surface area contributed by atoms with Crippen LogP contribution in [0.3, 0.4) is 0 Å². The van der Waals surface area contributed by atoms with Gasteiger partial charge < -0.3 is 19.4 Å². The number of ether oxygens (including phenoxy) is 2. The highest BCUT2D eigenvalue weighted by Gasteiger charge is 2.27. The van der Waals surface area contributed by atoms with Gasteiger partial charge >= 0.3 is 0 Å². The molecule has 2 heterocycles. The number of hydrogen-bond acceptors (Lipinski definition) is 6. The molecule has 1 saturated heterocycles. The molecule has 1 aliphatic rings. The number of nitrogens with zero attached hydrogens (tertiary/aromatic N) is 3. The Morgan fingerprint density at radius 3 is 2.70 bits per heavy atom. The van der Waals surface area contributed by atoms with Gasteiger partial charge in [0.05, 0.1) is 41.4 Å². The molecule has 0 atom stereocenters. The number of hydrogen-bond donors (Lipinski definition) is 1. The van der Waals surface area contributed by atoms with E-state index in [1.807, 2.05) is 36.7 Å². The Hall–Kier alpha value is -2.95. The van der Waals surface area contributed by atoms with Crippen LogP contribution in [0.15, 0.2) is 47.4 Å². The summed E-state index contributed by atoms with van der Waals surface area (Å²) in [7, 11) is -1.73. The van der Waals surface area contributed by atoms with Crippen molar-refractivity contribution in [3.05, 3.63) is 48.3 Å². The van der Waals surface area contributed by atoms with Crippen molar-refractivity contribution >= 4 is 32.7 Å². The molecule has 1 N–H and O–H groups in total. The Morgan fingerprint density at radius 2 is 1.94 bits per heavy atom. The van der Waals surface area contributed by atoms with Crippen LogP contribution in [0.1, 0.15) is 19.2 Å². The van der Waals surface area contributed by atoms with Crippen LogP contribution in [-0.2, 0) is 33.0 Å². The number of aryl methyl sites for hydroxylation is 2. The van der Waals surface area contributed by atoms with Crippen molar-refractivity contribution in [3.8, 4) is 5.75 Å². The Kier molecular flexibility index (Phi) is 6.96. The summed E-state index contributed by atoms with van der Waals surface area (Å²) < 4.78 is 40.1. The molecule has 176 valence electrons. The predicted octanol–water partition coefficient (Wildman–Crippen LogP) is 2.56. The van der Waals surface area contributed by atoms with Crippen LogP contribution in [0.5, 0.6) is 5.75 Å². The molecule has 0 unspecified atom stereocenters. The number of nitrogens with one attached hydrogen (secondary N) is 1. The van der Waals surface area contributed by atoms with Crippen molar-refractivity contribution < 1.29 is 22.7 Å². The molecule has 10 heteroatoms. The van der Waals surface area contributed by atoms with Crippen molar-refractivity contribution in [2.24, 2.45) is 7.05 Å². The number of sulfonamides is 1. The zero-order valence-electron chi connectivity index (χ0n) is 18.8. The maximum Gasteiger partial charge on any atom is 0.243 e. The molecule has 1 fully saturated rings. The third-order valence-corrected chi connectivity index (χ3v) is 7.48. The minimum absolute atomic E-state index is 0.148. The summed E-state index contributed by atoms with van der Waals surface area (Å²) in [5.74, 6) is 1.19. The smallest absolute Gasteiger partial charge is 0.243 e. The molecular weight excluding hydrogens is 444 g/mol. The lowest BCUT2D eigenvalue weighted by molar-refractivity contribution is -0.116. The van der Waals surface area contributed by atoms with Gasteiger partial charge in [0.15, 0.2) is 0 Å². The van der Waals surface area contributed by atoms with Crippen LogP contribution >= 0.6 is 0 Å². The third kappa shape index (κ3) is 5.02. The van der Waals surface area contributed by atoms with Gasteiger partial charge in [0, 0.05) is 33.0 Å². The Morgan fingerprint density at radius 1 is 1.18 bits per heavy atom. The van der Waals surface area contributed by atoms with Gasteiger partial charge in [-0.25, -0.2) is 13.4 Å². The van der Waals surface area contributed by atoms with Crippen molar-refractivity contribution in [1.82, 2.24) is 13.9 Å². The summed E-state index contributed by atoms with van der Waals surface area (Å²) in [6.45, 7) is 3.88. The highest BCUT2D eigenvalue weighted by Crippen LogP contribution is 2.25. The molecule has 1 aromatic heterocycles. The fourth-order valence-electron chi connectivity index (χ4n) is 3.84. The van der Waals surface area contributed by atoms with Crippen molar-refractivity contribution in [1.29, 1.82) is 0 Å². The minimum atomic E-state index is -3.60. The topological polar surface area (TPSA) is 103 Å². The molecule has 0 bridgehead atoms. The van der Waals surface area contributed by atoms with Crippen molar-refractivity contribution in [3.63, 3.8) is 0 Å². The normalized spacial score (nSPS) is 15.0. The zero-order valence-corrected chi connectivity index (χ0v) is 19.6. The first-order valence-corrected chi connectivity index (χ1v) is 12.4. The van der Waals surface area contributed by atoms with Crippen LogP contribution in [0, 0.1) is 0 Å². The molecule has 9 nitrogen and oxygen atoms in total. The molecule has 1 aliphatic heterocycles. The van der Waals surface area contributed by atoms with E-state index in [-0.39, 0.29) is 17.2 Å². The highest BCUT2D eigenvalue weighted by molar-refractivity contribution is 7.89. The van der Waals surface area contributed by atoms with Crippen LogP contribution in [0.2, 0.25) is 0 Å². The standard InChI is InChI=1S/C23H28N4O5S/c1-3-32-21-7-5-4-6-18(21)25-23(28)11-10-22-24-19-16-17(8-9-20(19)26(22)2)33(29,30)27-12-14-31-15-13-27/h4-9,16H,3,10-15H2,1-2H3,(H,25,28). The van der Waals surface area contributed by atoms with E-state index in [1.54, 1.807) is 24.3 Å². The second-order valence-electron chi connectivity index (χ2n) is 7.73. The van der Waals surface area contributed by atoms with E-state index >= 15 is 0 Å². The average Bonchev–Trinajstić information content (AvgIpc) is 3.14. The number of carbonyl (C=O) groups is 1. The van der Waals surface area contributed by atoms with Gasteiger partial charge in [-0.05, 0) is 37.3 Å². The summed E-state index contributed by atoms with van der Waals surface area (Å²) in [5, 5.41) is 2.89. The van der Waals surface area contributed by atoms with Gasteiger partial charge in [-0.15, -0.1) is 0 Å². The Balaban J connectivity index is 1.47. The average molecular weight is 473 g/mol. The third-order valence-electron chi connectivity index (χ3n) is 5.59. The number of para-hydroxylation sites is 2. The van der Waals surface area contributed by atoms with Crippen LogP contribution < -0.4 is 10.1 Å². The SMILES string of the molecule is CCOc1ccccc1NC(=O)CCc1nc2cc(S(=O)(=O)N3CCOCC3)ccc2n1C. The maximum atomic E-state index is 13.0. The second kappa shape index (κ2) is 9.90. The van der Waals surface area contributed by atoms with Crippen LogP contribution in [0.4, 0.5) is 5.69 Å². The van der Waals surface area contributed by atoms with Gasteiger partial charge in [0.1, 0.15) is 11.6 Å². The minimum Gasteiger partial charge on any atom is -0.492 e. The number of rotatable bonds is 8. The van der Waals surface area contributed by atoms with Gasteiger partial charge in [0.2, 0.25) is 15.9 Å². The lowest BCUT2D eigenvalue weighted by Crippen LogP contribution is -2.40. The first-order valence-electron chi connectivity index (χ1n) is 10.9. The van der Waals surface area contributed by atoms with Crippen molar-refractivity contribution in [2.75, 3.05) is 38.2 Å². The van der Waals surface area contributed by atoms with Crippen LogP contribution in [0.25, 0.3) is 11.0 Å². The quantitative estimate of drug-likeness (QED) is 0.541. The molecule has 0 aliphatic carbocycles. The van der Waals surface area contributed by atoms with E-state index in [2.05, 4.69) is 10.3 Å². The van der Waals surface area contributed by atoms with E-state index in [1.165, 1.54) is 4.31 Å². The number of fused-ring (bicyclic) bond motifs is 1. The number of anilines is 1. The largest absolute Gasteiger partial charge is 0.492 e. The number of morpholine rings is 1. The summed E-state index contributed by atoms with van der Waals surface area (Å²) in [5.41, 5.74) is 2.03. The number of carbonyl (C=O) groups excluding carboxylic acids is 1. The lowest BCUT2D eigenvalue weighted by atomic mass is 10.2. The molecule has 2 aromatic carbocycles. The molecule has 3 aromatic rings. The first-order chi connectivity index (χ1) is 15.9. The number of aromatic nitrogens is 2. The summed E-state index contributed by atoms with van der Waals surface area (Å²) in [6.07, 6.45) is 0.649. The fraction of sp³-hybridized carbons (Fsp3) is 0.391. The van der Waals surface area contributed by atoms with E-state index < -0.39 is 10.0 Å². The van der Waals surface area contributed by atoms with E-state index in [4.69, 9.17) is 9.47 Å². The number of imidazole rings is 1. The summed E-state index contributed by atoms with van der Waals surface area (Å²) in [6, 6.07) is 12.3. The fourth-order valence-corrected chi connectivity index (χ4v) is 5.27. The van der Waals surface area contributed by atoms with Gasteiger partial charge in [-0.3, -0.25) is 4.79 Å². The van der Waals surface area contributed by atoms with Gasteiger partial charge in [-0.2, -0.15) is 4.31 Å². The van der Waals surface area contributed by atoms with E-state index in [0.29, 0.717) is 62.1 Å². The van der Waals surface area contributed by atoms with Crippen molar-refractivity contribution in [2.45, 2.75) is 24.7 Å². The number of benzene rings is 2. The lowest BCUT2D eigenvalue weighted by Gasteiger charge is -2.26. The molecule has 0 saturated carbocycles. The summed E-state index contributed by atoms with van der Waals surface area (Å²) in [4.78, 5) is 17.4. The highest BCUT2D eigenvalue weighted by atomic mass is 32.2. The zero-order chi connectivity index (χ0) is 23.4. The number of amides is 1. The molecule has 0 spiro atoms. The second-order valence-corrected chi connectivity index (χ2v) is 9.67. The van der Waals surface area contributed by atoms with Gasteiger partial charge in [-0.1, -0.05) is 12.1 Å². The maximum absolute atomic E-state index is 13.0. The Labute approximate surface area is 193 Å². The predicted molar refractivity (Wildman–Crippen MR) is 125 cm³/mol. The first kappa shape index (κ1) is 23.2. The van der Waals surface area contributed by atoms with E-state index in [0.717, 1.165) is 5.52 Å². The molecule has 33 heavy (non-hydrogen) atoms. The monoisotopic (exact) mass is 472 g/mol. The van der Waals surface area contributed by atoms with Gasteiger partial charge in [0.25, 0.3) is 0 Å². The molecular formula is C23H28N4O5S. The Bertz CT molecular complexity index is 1250. The van der Waals surface area contributed by atoms with E-state index in [9.17, 15) is 13.2 Å². The van der Waals surface area contributed by atoms with Crippen LogP contribution in [-0.4, -0.2) is 61.1 Å². The molecule has 4 rings (SSSR count). The molecule has 0 radical (unpaired) electrons. The summed E-state index contributed by atoms with van der Waals surface area (Å²) >= 11 is 0. The molecule has 1 amide bonds.